The third-order valence-corrected chi connectivity index (χ3v) is 2.96. The molecule has 0 aromatic carbocycles. The predicted octanol–water partition coefficient (Wildman–Crippen LogP) is 0.113. The Morgan fingerprint density at radius 1 is 1.29 bits per heavy atom. The molecule has 98 valence electrons. The van der Waals surface area contributed by atoms with Crippen molar-refractivity contribution in [1.82, 2.24) is 15.5 Å². The van der Waals surface area contributed by atoms with Crippen molar-refractivity contribution in [2.45, 2.75) is 39.2 Å². The van der Waals surface area contributed by atoms with Gasteiger partial charge < -0.3 is 10.2 Å². The molecule has 5 heteroatoms. The van der Waals surface area contributed by atoms with Crippen LogP contribution in [0.25, 0.3) is 0 Å². The van der Waals surface area contributed by atoms with E-state index in [9.17, 15) is 9.59 Å². The molecular weight excluding hydrogens is 218 g/mol. The fourth-order valence-electron chi connectivity index (χ4n) is 1.81. The predicted molar refractivity (Wildman–Crippen MR) is 66.6 cm³/mol. The molecule has 17 heavy (non-hydrogen) atoms. The van der Waals surface area contributed by atoms with Gasteiger partial charge in [0.2, 0.25) is 11.8 Å². The first-order valence-electron chi connectivity index (χ1n) is 6.44. The molecule has 0 bridgehead atoms. The lowest BCUT2D eigenvalue weighted by molar-refractivity contribution is -0.129. The van der Waals surface area contributed by atoms with Gasteiger partial charge in [-0.15, -0.1) is 0 Å². The molecule has 5 nitrogen and oxygen atoms in total. The molecule has 1 fully saturated rings. The monoisotopic (exact) mass is 241 g/mol. The second-order valence-electron chi connectivity index (χ2n) is 4.48. The van der Waals surface area contributed by atoms with E-state index >= 15 is 0 Å². The van der Waals surface area contributed by atoms with Crippen molar-refractivity contribution < 1.29 is 9.59 Å². The van der Waals surface area contributed by atoms with Crippen molar-refractivity contribution in [3.05, 3.63) is 0 Å². The first-order valence-corrected chi connectivity index (χ1v) is 6.44. The average molecular weight is 241 g/mol. The zero-order valence-corrected chi connectivity index (χ0v) is 10.8. The highest BCUT2D eigenvalue weighted by Crippen LogP contribution is 2.06. The molecule has 0 aromatic heterocycles. The lowest BCUT2D eigenvalue weighted by atomic mass is 10.3. The van der Waals surface area contributed by atoms with Gasteiger partial charge in [0, 0.05) is 19.6 Å². The number of likely N-dealkylation sites (tertiary alicyclic amines) is 1. The molecule has 0 spiro atoms. The summed E-state index contributed by atoms with van der Waals surface area (Å²) in [5, 5.41) is 5.76. The van der Waals surface area contributed by atoms with Crippen LogP contribution in [0.5, 0.6) is 0 Å². The highest BCUT2D eigenvalue weighted by atomic mass is 16.2. The molecule has 2 N–H and O–H groups in total. The summed E-state index contributed by atoms with van der Waals surface area (Å²) in [6.45, 7) is 6.44. The van der Waals surface area contributed by atoms with E-state index in [-0.39, 0.29) is 24.4 Å². The first kappa shape index (κ1) is 14.0. The Morgan fingerprint density at radius 3 is 2.53 bits per heavy atom. The van der Waals surface area contributed by atoms with Gasteiger partial charge >= 0.3 is 0 Å². The van der Waals surface area contributed by atoms with E-state index in [2.05, 4.69) is 10.6 Å². The van der Waals surface area contributed by atoms with Crippen LogP contribution in [0.15, 0.2) is 0 Å². The normalized spacial score (nSPS) is 16.9. The quantitative estimate of drug-likeness (QED) is 0.694. The van der Waals surface area contributed by atoms with Crippen molar-refractivity contribution in [2.24, 2.45) is 0 Å². The summed E-state index contributed by atoms with van der Waals surface area (Å²) >= 11 is 0. The van der Waals surface area contributed by atoms with Gasteiger partial charge in [-0.2, -0.15) is 0 Å². The number of rotatable bonds is 6. The summed E-state index contributed by atoms with van der Waals surface area (Å²) in [6, 6.07) is -0.312. The Morgan fingerprint density at radius 2 is 1.94 bits per heavy atom. The Labute approximate surface area is 103 Å². The van der Waals surface area contributed by atoms with Gasteiger partial charge in [-0.3, -0.25) is 14.9 Å². The molecule has 1 aliphatic rings. The summed E-state index contributed by atoms with van der Waals surface area (Å²) < 4.78 is 0. The third kappa shape index (κ3) is 4.73. The number of amides is 2. The topological polar surface area (TPSA) is 61.4 Å². The SMILES string of the molecule is CCCNC(=O)C(C)NCC(=O)N1CCCC1. The van der Waals surface area contributed by atoms with Crippen LogP contribution in [0.3, 0.4) is 0 Å². The van der Waals surface area contributed by atoms with Gasteiger partial charge in [-0.05, 0) is 26.2 Å². The molecule has 0 radical (unpaired) electrons. The summed E-state index contributed by atoms with van der Waals surface area (Å²) in [4.78, 5) is 25.1. The second kappa shape index (κ2) is 7.27. The second-order valence-corrected chi connectivity index (χ2v) is 4.48. The molecule has 1 saturated heterocycles. The Kier molecular flexibility index (Phi) is 5.97. The Hall–Kier alpha value is -1.10. The number of nitrogens with zero attached hydrogens (tertiary/aromatic N) is 1. The minimum absolute atomic E-state index is 0.0407. The van der Waals surface area contributed by atoms with Crippen molar-refractivity contribution >= 4 is 11.8 Å². The van der Waals surface area contributed by atoms with Crippen LogP contribution in [0.4, 0.5) is 0 Å². The molecular formula is C12H23N3O2. The lowest BCUT2D eigenvalue weighted by Gasteiger charge is -2.18. The van der Waals surface area contributed by atoms with Gasteiger partial charge in [0.15, 0.2) is 0 Å². The maximum Gasteiger partial charge on any atom is 0.236 e. The minimum atomic E-state index is -0.312. The van der Waals surface area contributed by atoms with Crippen LogP contribution in [-0.2, 0) is 9.59 Å². The highest BCUT2D eigenvalue weighted by molar-refractivity contribution is 5.83. The van der Waals surface area contributed by atoms with Crippen LogP contribution < -0.4 is 10.6 Å². The molecule has 0 aliphatic carbocycles. The fraction of sp³-hybridized carbons (Fsp3) is 0.833. The molecule has 1 heterocycles. The molecule has 1 aliphatic heterocycles. The number of hydrogen-bond acceptors (Lipinski definition) is 3. The third-order valence-electron chi connectivity index (χ3n) is 2.96. The van der Waals surface area contributed by atoms with E-state index < -0.39 is 0 Å². The van der Waals surface area contributed by atoms with Crippen LogP contribution >= 0.6 is 0 Å². The average Bonchev–Trinajstić information content (AvgIpc) is 2.86. The van der Waals surface area contributed by atoms with Gasteiger partial charge in [-0.25, -0.2) is 0 Å². The maximum atomic E-state index is 11.7. The summed E-state index contributed by atoms with van der Waals surface area (Å²) in [6.07, 6.45) is 3.11. The summed E-state index contributed by atoms with van der Waals surface area (Å²) in [5.74, 6) is 0.0544. The van der Waals surface area contributed by atoms with Crippen molar-refractivity contribution in [1.29, 1.82) is 0 Å². The number of nitrogens with one attached hydrogen (secondary N) is 2. The standard InChI is InChI=1S/C12H23N3O2/c1-3-6-13-12(17)10(2)14-9-11(16)15-7-4-5-8-15/h10,14H,3-9H2,1-2H3,(H,13,17). The van der Waals surface area contributed by atoms with Gasteiger partial charge in [0.1, 0.15) is 0 Å². The number of carbonyl (C=O) groups excluding carboxylic acids is 2. The summed E-state index contributed by atoms with van der Waals surface area (Å²) in [5.41, 5.74) is 0. The summed E-state index contributed by atoms with van der Waals surface area (Å²) in [7, 11) is 0. The van der Waals surface area contributed by atoms with Crippen LogP contribution in [0.1, 0.15) is 33.1 Å². The van der Waals surface area contributed by atoms with Crippen molar-refractivity contribution in [3.63, 3.8) is 0 Å². The van der Waals surface area contributed by atoms with Crippen LogP contribution in [-0.4, -0.2) is 48.9 Å². The van der Waals surface area contributed by atoms with Crippen molar-refractivity contribution in [2.75, 3.05) is 26.2 Å². The smallest absolute Gasteiger partial charge is 0.236 e. The maximum absolute atomic E-state index is 11.7. The molecule has 1 unspecified atom stereocenters. The van der Waals surface area contributed by atoms with E-state index in [0.29, 0.717) is 6.54 Å². The Balaban J connectivity index is 2.20. The van der Waals surface area contributed by atoms with E-state index in [1.807, 2.05) is 11.8 Å². The number of carbonyl (C=O) groups is 2. The Bertz CT molecular complexity index is 262. The fourth-order valence-corrected chi connectivity index (χ4v) is 1.81. The molecule has 0 aromatic rings. The molecule has 1 atom stereocenters. The van der Waals surface area contributed by atoms with Gasteiger partial charge in [0.05, 0.1) is 12.6 Å². The molecule has 2 amide bonds. The van der Waals surface area contributed by atoms with E-state index in [4.69, 9.17) is 0 Å². The number of hydrogen-bond donors (Lipinski definition) is 2. The van der Waals surface area contributed by atoms with Gasteiger partial charge in [-0.1, -0.05) is 6.92 Å². The molecule has 0 saturated carbocycles. The highest BCUT2D eigenvalue weighted by Gasteiger charge is 2.19. The van der Waals surface area contributed by atoms with E-state index in [1.165, 1.54) is 0 Å². The van der Waals surface area contributed by atoms with E-state index in [1.54, 1.807) is 6.92 Å². The zero-order valence-electron chi connectivity index (χ0n) is 10.8. The minimum Gasteiger partial charge on any atom is -0.355 e. The first-order chi connectivity index (χ1) is 8.15. The van der Waals surface area contributed by atoms with Crippen LogP contribution in [0.2, 0.25) is 0 Å². The molecule has 1 rings (SSSR count). The van der Waals surface area contributed by atoms with Crippen LogP contribution in [0, 0.1) is 0 Å². The zero-order chi connectivity index (χ0) is 12.7. The lowest BCUT2D eigenvalue weighted by Crippen LogP contribution is -2.46. The van der Waals surface area contributed by atoms with Crippen molar-refractivity contribution in [3.8, 4) is 0 Å². The van der Waals surface area contributed by atoms with Gasteiger partial charge in [0.25, 0.3) is 0 Å². The largest absolute Gasteiger partial charge is 0.355 e. The van der Waals surface area contributed by atoms with E-state index in [0.717, 1.165) is 32.4 Å².